The van der Waals surface area contributed by atoms with Crippen LogP contribution in [0.5, 0.6) is 0 Å². The van der Waals surface area contributed by atoms with Gasteiger partial charge in [0.2, 0.25) is 0 Å². The zero-order valence-electron chi connectivity index (χ0n) is 9.88. The molecule has 2 aromatic rings. The molecule has 1 aromatic carbocycles. The Balaban J connectivity index is 1.93. The van der Waals surface area contributed by atoms with E-state index < -0.39 is 0 Å². The lowest BCUT2D eigenvalue weighted by molar-refractivity contribution is 0.638. The van der Waals surface area contributed by atoms with Crippen LogP contribution >= 0.6 is 11.6 Å². The molecule has 1 aromatic heterocycles. The van der Waals surface area contributed by atoms with E-state index in [0.717, 1.165) is 42.7 Å². The number of nitrogens with two attached hydrogens (primary N) is 1. The second kappa shape index (κ2) is 6.03. The molecule has 0 spiro atoms. The number of benzene rings is 1. The Morgan fingerprint density at radius 1 is 1.18 bits per heavy atom. The number of para-hydroxylation sites is 1. The van der Waals surface area contributed by atoms with Crippen molar-refractivity contribution in [2.45, 2.75) is 32.1 Å². The first kappa shape index (κ1) is 12.4. The van der Waals surface area contributed by atoms with Gasteiger partial charge in [-0.05, 0) is 31.5 Å². The zero-order valence-corrected chi connectivity index (χ0v) is 10.6. The molecule has 0 aliphatic rings. The van der Waals surface area contributed by atoms with Crippen LogP contribution in [0.2, 0.25) is 5.02 Å². The fraction of sp³-hybridized carbons (Fsp3) is 0.462. The lowest BCUT2D eigenvalue weighted by atomic mass is 10.1. The van der Waals surface area contributed by atoms with Crippen LogP contribution in [-0.4, -0.2) is 16.5 Å². The Morgan fingerprint density at radius 3 is 2.76 bits per heavy atom. The standard InChI is InChI=1S/C13H18ClN3/c14-10-6-5-7-11-13(10)17-12(16-11)8-3-1-2-4-9-15/h5-7H,1-4,8-9,15H2,(H,16,17). The van der Waals surface area contributed by atoms with Crippen LogP contribution in [0.15, 0.2) is 18.2 Å². The Hall–Kier alpha value is -1.06. The molecule has 4 heteroatoms. The van der Waals surface area contributed by atoms with Crippen molar-refractivity contribution in [3.05, 3.63) is 29.0 Å². The number of hydrogen-bond donors (Lipinski definition) is 2. The monoisotopic (exact) mass is 251 g/mol. The van der Waals surface area contributed by atoms with E-state index in [1.165, 1.54) is 12.8 Å². The van der Waals surface area contributed by atoms with Crippen LogP contribution in [0.3, 0.4) is 0 Å². The van der Waals surface area contributed by atoms with E-state index in [-0.39, 0.29) is 0 Å². The number of aromatic nitrogens is 2. The summed E-state index contributed by atoms with van der Waals surface area (Å²) in [4.78, 5) is 7.82. The first-order valence-corrected chi connectivity index (χ1v) is 6.52. The van der Waals surface area contributed by atoms with Gasteiger partial charge in [-0.25, -0.2) is 4.98 Å². The summed E-state index contributed by atoms with van der Waals surface area (Å²) < 4.78 is 0. The highest BCUT2D eigenvalue weighted by atomic mass is 35.5. The quantitative estimate of drug-likeness (QED) is 0.774. The van der Waals surface area contributed by atoms with Gasteiger partial charge in [-0.1, -0.05) is 30.5 Å². The third-order valence-corrected chi connectivity index (χ3v) is 3.19. The Labute approximate surface area is 106 Å². The van der Waals surface area contributed by atoms with Gasteiger partial charge in [-0.15, -0.1) is 0 Å². The van der Waals surface area contributed by atoms with Crippen molar-refractivity contribution in [2.24, 2.45) is 5.73 Å². The Kier molecular flexibility index (Phi) is 4.40. The fourth-order valence-electron chi connectivity index (χ4n) is 1.96. The molecular formula is C13H18ClN3. The molecule has 0 amide bonds. The van der Waals surface area contributed by atoms with E-state index in [2.05, 4.69) is 9.97 Å². The number of nitrogens with one attached hydrogen (secondary N) is 1. The second-order valence-corrected chi connectivity index (χ2v) is 4.68. The highest BCUT2D eigenvalue weighted by Crippen LogP contribution is 2.21. The van der Waals surface area contributed by atoms with Crippen molar-refractivity contribution in [1.82, 2.24) is 9.97 Å². The second-order valence-electron chi connectivity index (χ2n) is 4.27. The van der Waals surface area contributed by atoms with Crippen molar-refractivity contribution in [2.75, 3.05) is 6.54 Å². The Morgan fingerprint density at radius 2 is 2.00 bits per heavy atom. The molecule has 2 rings (SSSR count). The molecule has 17 heavy (non-hydrogen) atoms. The van der Waals surface area contributed by atoms with E-state index in [1.807, 2.05) is 18.2 Å². The largest absolute Gasteiger partial charge is 0.342 e. The number of halogens is 1. The molecule has 0 saturated carbocycles. The molecule has 1 heterocycles. The van der Waals surface area contributed by atoms with Gasteiger partial charge in [0.25, 0.3) is 0 Å². The van der Waals surface area contributed by atoms with Gasteiger partial charge in [0, 0.05) is 6.42 Å². The minimum absolute atomic E-state index is 0.716. The summed E-state index contributed by atoms with van der Waals surface area (Å²) in [5, 5.41) is 0.716. The molecule has 0 fully saturated rings. The lowest BCUT2D eigenvalue weighted by Gasteiger charge is -1.97. The lowest BCUT2D eigenvalue weighted by Crippen LogP contribution is -1.98. The maximum absolute atomic E-state index is 6.08. The normalized spacial score (nSPS) is 11.2. The number of nitrogens with zero attached hydrogens (tertiary/aromatic N) is 1. The van der Waals surface area contributed by atoms with Gasteiger partial charge >= 0.3 is 0 Å². The summed E-state index contributed by atoms with van der Waals surface area (Å²) in [6.07, 6.45) is 5.67. The van der Waals surface area contributed by atoms with Crippen LogP contribution in [0.25, 0.3) is 11.0 Å². The van der Waals surface area contributed by atoms with Crippen LogP contribution in [0.1, 0.15) is 31.5 Å². The van der Waals surface area contributed by atoms with Crippen LogP contribution in [0, 0.1) is 0 Å². The highest BCUT2D eigenvalue weighted by Gasteiger charge is 2.05. The van der Waals surface area contributed by atoms with E-state index in [4.69, 9.17) is 17.3 Å². The van der Waals surface area contributed by atoms with Crippen LogP contribution in [-0.2, 0) is 6.42 Å². The first-order chi connectivity index (χ1) is 8.31. The van der Waals surface area contributed by atoms with Gasteiger partial charge < -0.3 is 10.7 Å². The van der Waals surface area contributed by atoms with Crippen molar-refractivity contribution < 1.29 is 0 Å². The summed E-state index contributed by atoms with van der Waals surface area (Å²) in [6.45, 7) is 0.792. The van der Waals surface area contributed by atoms with Gasteiger partial charge in [-0.2, -0.15) is 0 Å². The number of rotatable bonds is 6. The number of hydrogen-bond acceptors (Lipinski definition) is 2. The van der Waals surface area contributed by atoms with Gasteiger partial charge in [0.15, 0.2) is 0 Å². The third-order valence-electron chi connectivity index (χ3n) is 2.88. The summed E-state index contributed by atoms with van der Waals surface area (Å²) in [5.74, 6) is 1.03. The number of fused-ring (bicyclic) bond motifs is 1. The van der Waals surface area contributed by atoms with E-state index in [0.29, 0.717) is 5.02 Å². The van der Waals surface area contributed by atoms with Gasteiger partial charge in [0.1, 0.15) is 11.3 Å². The average Bonchev–Trinajstić information content (AvgIpc) is 2.73. The van der Waals surface area contributed by atoms with E-state index in [9.17, 15) is 0 Å². The maximum Gasteiger partial charge on any atom is 0.107 e. The fourth-order valence-corrected chi connectivity index (χ4v) is 2.17. The summed E-state index contributed by atoms with van der Waals surface area (Å²) in [5.41, 5.74) is 7.36. The van der Waals surface area contributed by atoms with E-state index >= 15 is 0 Å². The smallest absolute Gasteiger partial charge is 0.107 e. The predicted octanol–water partition coefficient (Wildman–Crippen LogP) is 3.28. The topological polar surface area (TPSA) is 54.7 Å². The molecule has 3 N–H and O–H groups in total. The number of aryl methyl sites for hydroxylation is 1. The summed E-state index contributed by atoms with van der Waals surface area (Å²) in [7, 11) is 0. The molecule has 0 bridgehead atoms. The summed E-state index contributed by atoms with van der Waals surface area (Å²) >= 11 is 6.08. The molecule has 0 unspecified atom stereocenters. The van der Waals surface area contributed by atoms with Crippen molar-refractivity contribution in [1.29, 1.82) is 0 Å². The van der Waals surface area contributed by atoms with Gasteiger partial charge in [0.05, 0.1) is 10.5 Å². The minimum atomic E-state index is 0.716. The minimum Gasteiger partial charge on any atom is -0.342 e. The molecule has 0 radical (unpaired) electrons. The highest BCUT2D eigenvalue weighted by molar-refractivity contribution is 6.34. The number of H-pyrrole nitrogens is 1. The molecular weight excluding hydrogens is 234 g/mol. The SMILES string of the molecule is NCCCCCCc1nc2c(Cl)cccc2[nH]1. The molecule has 92 valence electrons. The maximum atomic E-state index is 6.08. The predicted molar refractivity (Wildman–Crippen MR) is 72.3 cm³/mol. The average molecular weight is 252 g/mol. The van der Waals surface area contributed by atoms with Crippen molar-refractivity contribution >= 4 is 22.6 Å². The summed E-state index contributed by atoms with van der Waals surface area (Å²) in [6, 6.07) is 5.82. The van der Waals surface area contributed by atoms with Crippen molar-refractivity contribution in [3.8, 4) is 0 Å². The molecule has 0 aliphatic heterocycles. The van der Waals surface area contributed by atoms with Crippen molar-refractivity contribution in [3.63, 3.8) is 0 Å². The molecule has 3 nitrogen and oxygen atoms in total. The third kappa shape index (κ3) is 3.20. The molecule has 0 saturated heterocycles. The number of unbranched alkanes of at least 4 members (excludes halogenated alkanes) is 3. The zero-order chi connectivity index (χ0) is 12.1. The molecule has 0 aliphatic carbocycles. The van der Waals surface area contributed by atoms with Crippen LogP contribution in [0.4, 0.5) is 0 Å². The Bertz CT molecular complexity index is 478. The number of imidazole rings is 1. The first-order valence-electron chi connectivity index (χ1n) is 6.14. The van der Waals surface area contributed by atoms with E-state index in [1.54, 1.807) is 0 Å². The van der Waals surface area contributed by atoms with Gasteiger partial charge in [-0.3, -0.25) is 0 Å². The number of aromatic amines is 1. The van der Waals surface area contributed by atoms with Crippen LogP contribution < -0.4 is 5.73 Å². The molecule has 0 atom stereocenters.